The molecule has 0 atom stereocenters. The molecule has 0 unspecified atom stereocenters. The Balaban J connectivity index is 0.000000835. The monoisotopic (exact) mass is 639 g/mol. The zero-order chi connectivity index (χ0) is 34.4. The van der Waals surface area contributed by atoms with Crippen LogP contribution in [0.15, 0.2) is 48.5 Å². The second-order valence-corrected chi connectivity index (χ2v) is 15.6. The molecule has 2 aromatic rings. The predicted molar refractivity (Wildman–Crippen MR) is 206 cm³/mol. The molecule has 0 amide bonds. The molecule has 0 saturated carbocycles. The molecule has 0 aliphatic heterocycles. The van der Waals surface area contributed by atoms with E-state index in [1.807, 2.05) is 0 Å². The molecule has 266 valence electrons. The Morgan fingerprint density at radius 2 is 0.478 bits per heavy atom. The molecular formula is C44H78O2. The van der Waals surface area contributed by atoms with Crippen LogP contribution in [0.4, 0.5) is 0 Å². The van der Waals surface area contributed by atoms with Gasteiger partial charge in [0.25, 0.3) is 0 Å². The lowest BCUT2D eigenvalue weighted by atomic mass is 9.99. The Morgan fingerprint density at radius 3 is 0.630 bits per heavy atom. The van der Waals surface area contributed by atoms with E-state index in [0.717, 1.165) is 23.7 Å². The van der Waals surface area contributed by atoms with E-state index in [-0.39, 0.29) is 0 Å². The van der Waals surface area contributed by atoms with E-state index in [2.05, 4.69) is 104 Å². The molecule has 2 rings (SSSR count). The van der Waals surface area contributed by atoms with E-state index in [4.69, 9.17) is 10.5 Å². The number of hydrogen-bond donors (Lipinski definition) is 2. The standard InChI is InChI=1S/2C22H38.H2O2/c2*1-19(2)11-7-5-9-13-21-15-17-22(18-16-21)14-10-6-8-12-20(3)4;1-2/h2*15-20H,5-14H2,1-4H3;1-2H. The van der Waals surface area contributed by atoms with Crippen molar-refractivity contribution < 1.29 is 10.5 Å². The highest BCUT2D eigenvalue weighted by atomic mass is 17.0. The van der Waals surface area contributed by atoms with Crippen LogP contribution in [0, 0.1) is 23.7 Å². The minimum absolute atomic E-state index is 0.861. The van der Waals surface area contributed by atoms with Crippen molar-refractivity contribution in [2.24, 2.45) is 23.7 Å². The smallest absolute Gasteiger partial charge is 0.0279 e. The van der Waals surface area contributed by atoms with Gasteiger partial charge in [0.05, 0.1) is 0 Å². The van der Waals surface area contributed by atoms with E-state index < -0.39 is 0 Å². The van der Waals surface area contributed by atoms with Crippen LogP contribution in [0.1, 0.15) is 180 Å². The quantitative estimate of drug-likeness (QED) is 0.0682. The van der Waals surface area contributed by atoms with Gasteiger partial charge >= 0.3 is 0 Å². The number of rotatable bonds is 24. The van der Waals surface area contributed by atoms with Crippen LogP contribution >= 0.6 is 0 Å². The lowest BCUT2D eigenvalue weighted by Crippen LogP contribution is -1.92. The molecule has 0 aromatic heterocycles. The first-order valence-electron chi connectivity index (χ1n) is 19.5. The molecule has 0 fully saturated rings. The van der Waals surface area contributed by atoms with Gasteiger partial charge in [-0.05, 0) is 97.3 Å². The van der Waals surface area contributed by atoms with Crippen molar-refractivity contribution >= 4 is 0 Å². The summed E-state index contributed by atoms with van der Waals surface area (Å²) in [6.45, 7) is 18.6. The zero-order valence-corrected chi connectivity index (χ0v) is 32.0. The topological polar surface area (TPSA) is 40.5 Å². The Hall–Kier alpha value is -1.64. The number of hydrogen-bond acceptors (Lipinski definition) is 2. The first-order chi connectivity index (χ1) is 22.2. The molecular weight excluding hydrogens is 560 g/mol. The number of aryl methyl sites for hydroxylation is 4. The van der Waals surface area contributed by atoms with Crippen molar-refractivity contribution in [3.8, 4) is 0 Å². The van der Waals surface area contributed by atoms with Crippen molar-refractivity contribution in [1.82, 2.24) is 0 Å². The molecule has 46 heavy (non-hydrogen) atoms. The van der Waals surface area contributed by atoms with Crippen LogP contribution in [0.5, 0.6) is 0 Å². The van der Waals surface area contributed by atoms with Gasteiger partial charge < -0.3 is 0 Å². The van der Waals surface area contributed by atoms with Crippen LogP contribution in [0.2, 0.25) is 0 Å². The average Bonchev–Trinajstić information content (AvgIpc) is 3.02. The van der Waals surface area contributed by atoms with Gasteiger partial charge in [0.1, 0.15) is 0 Å². The van der Waals surface area contributed by atoms with Crippen LogP contribution in [-0.2, 0) is 25.7 Å². The molecule has 0 heterocycles. The van der Waals surface area contributed by atoms with Crippen LogP contribution < -0.4 is 0 Å². The summed E-state index contributed by atoms with van der Waals surface area (Å²) in [5, 5.41) is 12.0. The predicted octanol–water partition coefficient (Wildman–Crippen LogP) is 14.4. The first kappa shape index (κ1) is 44.4. The summed E-state index contributed by atoms with van der Waals surface area (Å²) < 4.78 is 0. The highest BCUT2D eigenvalue weighted by molar-refractivity contribution is 5.23. The Bertz CT molecular complexity index is 730. The number of unbranched alkanes of at least 4 members (excludes halogenated alkanes) is 8. The largest absolute Gasteiger partial charge is 0.255 e. The Kier molecular flexibility index (Phi) is 29.6. The van der Waals surface area contributed by atoms with Gasteiger partial charge in [-0.2, -0.15) is 0 Å². The fourth-order valence-corrected chi connectivity index (χ4v) is 5.98. The van der Waals surface area contributed by atoms with Crippen molar-refractivity contribution in [2.45, 2.75) is 184 Å². The maximum atomic E-state index is 6.00. The zero-order valence-electron chi connectivity index (χ0n) is 32.0. The average molecular weight is 639 g/mol. The Morgan fingerprint density at radius 1 is 0.304 bits per heavy atom. The normalized spacial score (nSPS) is 11.2. The third kappa shape index (κ3) is 28.6. The van der Waals surface area contributed by atoms with E-state index in [1.54, 1.807) is 0 Å². The fraction of sp³-hybridized carbons (Fsp3) is 0.727. The third-order valence-corrected chi connectivity index (χ3v) is 9.03. The van der Waals surface area contributed by atoms with Gasteiger partial charge in [-0.25, -0.2) is 0 Å². The van der Waals surface area contributed by atoms with E-state index in [0.29, 0.717) is 0 Å². The van der Waals surface area contributed by atoms with Crippen molar-refractivity contribution in [1.29, 1.82) is 0 Å². The maximum Gasteiger partial charge on any atom is -0.0279 e. The minimum Gasteiger partial charge on any atom is -0.255 e. The van der Waals surface area contributed by atoms with Gasteiger partial charge in [-0.1, -0.05) is 181 Å². The van der Waals surface area contributed by atoms with Gasteiger partial charge in [0.2, 0.25) is 0 Å². The highest BCUT2D eigenvalue weighted by Gasteiger charge is 2.01. The summed E-state index contributed by atoms with van der Waals surface area (Å²) in [4.78, 5) is 0. The SMILES string of the molecule is CC(C)CCCCCc1ccc(CCCCCC(C)C)cc1.CC(C)CCCCCc1ccc(CCCCCC(C)C)cc1.OO. The summed E-state index contributed by atoms with van der Waals surface area (Å²) in [6, 6.07) is 18.8. The van der Waals surface area contributed by atoms with Crippen molar-refractivity contribution in [3.63, 3.8) is 0 Å². The highest BCUT2D eigenvalue weighted by Crippen LogP contribution is 2.16. The molecule has 0 aliphatic carbocycles. The molecule has 0 bridgehead atoms. The first-order valence-corrected chi connectivity index (χ1v) is 19.5. The molecule has 0 spiro atoms. The van der Waals surface area contributed by atoms with Crippen LogP contribution in [0.3, 0.4) is 0 Å². The van der Waals surface area contributed by atoms with Gasteiger partial charge in [0.15, 0.2) is 0 Å². The van der Waals surface area contributed by atoms with Crippen LogP contribution in [-0.4, -0.2) is 10.5 Å². The maximum absolute atomic E-state index is 6.00. The van der Waals surface area contributed by atoms with Crippen molar-refractivity contribution in [3.05, 3.63) is 70.8 Å². The molecule has 0 radical (unpaired) electrons. The summed E-state index contributed by atoms with van der Waals surface area (Å²) in [7, 11) is 0. The summed E-state index contributed by atoms with van der Waals surface area (Å²) in [5.74, 6) is 3.44. The Labute approximate surface area is 288 Å². The molecule has 0 aliphatic rings. The molecule has 2 nitrogen and oxygen atoms in total. The van der Waals surface area contributed by atoms with Crippen molar-refractivity contribution in [2.75, 3.05) is 0 Å². The second-order valence-electron chi connectivity index (χ2n) is 15.6. The van der Waals surface area contributed by atoms with E-state index >= 15 is 0 Å². The summed E-state index contributed by atoms with van der Waals surface area (Å²) in [5.41, 5.74) is 6.09. The third-order valence-electron chi connectivity index (χ3n) is 9.03. The van der Waals surface area contributed by atoms with Gasteiger partial charge in [-0.15, -0.1) is 0 Å². The number of benzene rings is 2. The van der Waals surface area contributed by atoms with Gasteiger partial charge in [0, 0.05) is 0 Å². The van der Waals surface area contributed by atoms with E-state index in [9.17, 15) is 0 Å². The van der Waals surface area contributed by atoms with Crippen LogP contribution in [0.25, 0.3) is 0 Å². The lowest BCUT2D eigenvalue weighted by Gasteiger charge is -2.07. The molecule has 2 aromatic carbocycles. The summed E-state index contributed by atoms with van der Waals surface area (Å²) >= 11 is 0. The lowest BCUT2D eigenvalue weighted by molar-refractivity contribution is -0.176. The fourth-order valence-electron chi connectivity index (χ4n) is 5.98. The van der Waals surface area contributed by atoms with E-state index in [1.165, 1.54) is 151 Å². The minimum atomic E-state index is 0.861. The second kappa shape index (κ2) is 30.7. The molecule has 2 N–H and O–H groups in total. The summed E-state index contributed by atoms with van der Waals surface area (Å²) in [6.07, 6.45) is 27.1. The molecule has 2 heteroatoms. The van der Waals surface area contributed by atoms with Gasteiger partial charge in [-0.3, -0.25) is 10.5 Å². The molecule has 0 saturated heterocycles.